The molecule has 1 fully saturated rings. The van der Waals surface area contributed by atoms with Crippen LogP contribution in [0.2, 0.25) is 10.0 Å². The molecule has 0 bridgehead atoms. The summed E-state index contributed by atoms with van der Waals surface area (Å²) in [5.41, 5.74) is -0.636. The number of carbonyl (C=O) groups excluding carboxylic acids is 2. The highest BCUT2D eigenvalue weighted by molar-refractivity contribution is 9.10. The first-order chi connectivity index (χ1) is 13.8. The highest BCUT2D eigenvalue weighted by atomic mass is 79.9. The maximum atomic E-state index is 13.6. The minimum atomic E-state index is -4.25. The summed E-state index contributed by atoms with van der Waals surface area (Å²) < 4.78 is 29.0. The minimum absolute atomic E-state index is 0.0183. The van der Waals surface area contributed by atoms with Gasteiger partial charge in [-0.25, -0.2) is 13.3 Å². The Kier molecular flexibility index (Phi) is 6.38. The van der Waals surface area contributed by atoms with Crippen LogP contribution in [0.25, 0.3) is 0 Å². The van der Waals surface area contributed by atoms with Crippen LogP contribution in [-0.2, 0) is 19.6 Å². The second-order valence-electron chi connectivity index (χ2n) is 7.81. The standard InChI is InChI=1S/C20H19BrCl2N2O4S/c1-20(2,3)25(30(28,29)17-10-13(22)6-9-15(17)23)16-11-18(26)24(19(16)27)14-7-4-12(21)5-8-14/h4-10,16H,11H2,1-3H3. The summed E-state index contributed by atoms with van der Waals surface area (Å²) in [6.45, 7) is 4.97. The molecule has 160 valence electrons. The fourth-order valence-electron chi connectivity index (χ4n) is 3.44. The van der Waals surface area contributed by atoms with Crippen molar-refractivity contribution >= 4 is 66.7 Å². The van der Waals surface area contributed by atoms with Gasteiger partial charge < -0.3 is 0 Å². The lowest BCUT2D eigenvalue weighted by Gasteiger charge is -2.37. The first-order valence-electron chi connectivity index (χ1n) is 8.96. The van der Waals surface area contributed by atoms with Crippen molar-refractivity contribution in [3.63, 3.8) is 0 Å². The van der Waals surface area contributed by atoms with Gasteiger partial charge in [0.25, 0.3) is 5.91 Å². The molecule has 0 aliphatic carbocycles. The van der Waals surface area contributed by atoms with Crippen molar-refractivity contribution in [3.8, 4) is 0 Å². The zero-order valence-electron chi connectivity index (χ0n) is 16.4. The second kappa shape index (κ2) is 8.24. The van der Waals surface area contributed by atoms with Crippen molar-refractivity contribution in [1.29, 1.82) is 0 Å². The lowest BCUT2D eigenvalue weighted by Crippen LogP contribution is -2.54. The third kappa shape index (κ3) is 4.29. The molecule has 2 aromatic carbocycles. The van der Waals surface area contributed by atoms with Crippen molar-refractivity contribution in [3.05, 3.63) is 57.0 Å². The highest BCUT2D eigenvalue weighted by Crippen LogP contribution is 2.37. The number of sulfonamides is 1. The number of hydrogen-bond donors (Lipinski definition) is 0. The van der Waals surface area contributed by atoms with E-state index in [1.807, 2.05) is 0 Å². The van der Waals surface area contributed by atoms with E-state index in [9.17, 15) is 18.0 Å². The van der Waals surface area contributed by atoms with Gasteiger partial charge in [-0.1, -0.05) is 39.1 Å². The van der Waals surface area contributed by atoms with E-state index >= 15 is 0 Å². The average Bonchev–Trinajstić information content (AvgIpc) is 2.90. The van der Waals surface area contributed by atoms with Crippen LogP contribution in [0, 0.1) is 0 Å². The first kappa shape index (κ1) is 23.2. The van der Waals surface area contributed by atoms with Gasteiger partial charge in [-0.3, -0.25) is 9.59 Å². The lowest BCUT2D eigenvalue weighted by atomic mass is 10.1. The number of halogens is 3. The molecule has 6 nitrogen and oxygen atoms in total. The van der Waals surface area contributed by atoms with Crippen molar-refractivity contribution in [2.75, 3.05) is 4.90 Å². The predicted molar refractivity (Wildman–Crippen MR) is 120 cm³/mol. The summed E-state index contributed by atoms with van der Waals surface area (Å²) in [5.74, 6) is -1.09. The number of hydrogen-bond acceptors (Lipinski definition) is 4. The number of carbonyl (C=O) groups is 2. The van der Waals surface area contributed by atoms with E-state index in [0.29, 0.717) is 5.69 Å². The molecule has 1 heterocycles. The normalized spacial score (nSPS) is 17.8. The predicted octanol–water partition coefficient (Wildman–Crippen LogP) is 4.88. The van der Waals surface area contributed by atoms with Gasteiger partial charge in [0.1, 0.15) is 10.9 Å². The first-order valence-corrected chi connectivity index (χ1v) is 11.9. The second-order valence-corrected chi connectivity index (χ2v) is 11.4. The topological polar surface area (TPSA) is 74.8 Å². The summed E-state index contributed by atoms with van der Waals surface area (Å²) in [5, 5.41) is 0.173. The maximum Gasteiger partial charge on any atom is 0.252 e. The van der Waals surface area contributed by atoms with Gasteiger partial charge in [0.2, 0.25) is 15.9 Å². The van der Waals surface area contributed by atoms with E-state index in [2.05, 4.69) is 15.9 Å². The molecule has 0 spiro atoms. The Morgan fingerprint density at radius 1 is 1.07 bits per heavy atom. The lowest BCUT2D eigenvalue weighted by molar-refractivity contribution is -0.122. The Bertz CT molecular complexity index is 1110. The monoisotopic (exact) mass is 532 g/mol. The van der Waals surface area contributed by atoms with Gasteiger partial charge in [0.15, 0.2) is 0 Å². The molecule has 30 heavy (non-hydrogen) atoms. The SMILES string of the molecule is CC(C)(C)N(C1CC(=O)N(c2ccc(Br)cc2)C1=O)S(=O)(=O)c1cc(Cl)ccc1Cl. The van der Waals surface area contributed by atoms with Crippen LogP contribution in [-0.4, -0.2) is 36.1 Å². The molecule has 3 rings (SSSR count). The van der Waals surface area contributed by atoms with Crippen LogP contribution >= 0.6 is 39.1 Å². The van der Waals surface area contributed by atoms with Crippen molar-refractivity contribution in [1.82, 2.24) is 4.31 Å². The molecule has 1 aliphatic rings. The van der Waals surface area contributed by atoms with E-state index in [4.69, 9.17) is 23.2 Å². The minimum Gasteiger partial charge on any atom is -0.274 e. The molecule has 0 radical (unpaired) electrons. The molecule has 1 unspecified atom stereocenters. The van der Waals surface area contributed by atoms with Crippen LogP contribution in [0.3, 0.4) is 0 Å². The summed E-state index contributed by atoms with van der Waals surface area (Å²) in [7, 11) is -4.25. The third-order valence-corrected chi connectivity index (χ3v) is 8.00. The van der Waals surface area contributed by atoms with Gasteiger partial charge in [-0.2, -0.15) is 4.31 Å². The molecule has 10 heteroatoms. The number of amides is 2. The van der Waals surface area contributed by atoms with Gasteiger partial charge in [0, 0.05) is 15.0 Å². The maximum absolute atomic E-state index is 13.6. The van der Waals surface area contributed by atoms with E-state index in [1.54, 1.807) is 45.0 Å². The number of imide groups is 1. The van der Waals surface area contributed by atoms with E-state index < -0.39 is 33.4 Å². The smallest absolute Gasteiger partial charge is 0.252 e. The molecule has 1 saturated heterocycles. The summed E-state index contributed by atoms with van der Waals surface area (Å²) in [6.07, 6.45) is -0.274. The summed E-state index contributed by atoms with van der Waals surface area (Å²) in [4.78, 5) is 26.8. The van der Waals surface area contributed by atoms with Crippen LogP contribution in [0.4, 0.5) is 5.69 Å². The Hall–Kier alpha value is -1.45. The van der Waals surface area contributed by atoms with E-state index in [-0.39, 0.29) is 21.4 Å². The van der Waals surface area contributed by atoms with Crippen LogP contribution in [0.1, 0.15) is 27.2 Å². The zero-order valence-corrected chi connectivity index (χ0v) is 20.3. The summed E-state index contributed by atoms with van der Waals surface area (Å²) in [6, 6.07) is 9.53. The van der Waals surface area contributed by atoms with Gasteiger partial charge in [0.05, 0.1) is 17.1 Å². The van der Waals surface area contributed by atoms with Gasteiger partial charge in [-0.05, 0) is 63.2 Å². The molecule has 0 N–H and O–H groups in total. The Morgan fingerprint density at radius 2 is 1.67 bits per heavy atom. The van der Waals surface area contributed by atoms with E-state index in [1.165, 1.54) is 18.2 Å². The fraction of sp³-hybridized carbons (Fsp3) is 0.300. The third-order valence-electron chi connectivity index (χ3n) is 4.58. The quantitative estimate of drug-likeness (QED) is 0.525. The molecule has 0 aromatic heterocycles. The van der Waals surface area contributed by atoms with Crippen molar-refractivity contribution < 1.29 is 18.0 Å². The Morgan fingerprint density at radius 3 is 2.23 bits per heavy atom. The van der Waals surface area contributed by atoms with Crippen LogP contribution in [0.15, 0.2) is 51.8 Å². The number of nitrogens with zero attached hydrogens (tertiary/aromatic N) is 2. The Labute approximate surface area is 193 Å². The molecule has 1 atom stereocenters. The van der Waals surface area contributed by atoms with E-state index in [0.717, 1.165) is 13.7 Å². The number of anilines is 1. The van der Waals surface area contributed by atoms with Crippen LogP contribution in [0.5, 0.6) is 0 Å². The number of rotatable bonds is 4. The Balaban J connectivity index is 2.09. The highest BCUT2D eigenvalue weighted by Gasteiger charge is 2.51. The van der Waals surface area contributed by atoms with Crippen LogP contribution < -0.4 is 4.90 Å². The van der Waals surface area contributed by atoms with Gasteiger partial charge >= 0.3 is 0 Å². The largest absolute Gasteiger partial charge is 0.274 e. The molecule has 2 aromatic rings. The molecule has 2 amide bonds. The molecular formula is C20H19BrCl2N2O4S. The number of benzene rings is 2. The average molecular weight is 534 g/mol. The van der Waals surface area contributed by atoms with Crippen molar-refractivity contribution in [2.24, 2.45) is 0 Å². The van der Waals surface area contributed by atoms with Gasteiger partial charge in [-0.15, -0.1) is 0 Å². The fourth-order valence-corrected chi connectivity index (χ4v) is 6.37. The molecule has 1 aliphatic heterocycles. The molecular weight excluding hydrogens is 515 g/mol. The molecule has 0 saturated carbocycles. The van der Waals surface area contributed by atoms with Crippen molar-refractivity contribution in [2.45, 2.75) is 43.7 Å². The zero-order chi connectivity index (χ0) is 22.4. The summed E-state index contributed by atoms with van der Waals surface area (Å²) >= 11 is 15.5.